The number of anilines is 1. The first-order chi connectivity index (χ1) is 22.0. The van der Waals surface area contributed by atoms with E-state index in [0.29, 0.717) is 30.6 Å². The molecule has 0 radical (unpaired) electrons. The average molecular weight is 639 g/mol. The number of rotatable bonds is 11. The van der Waals surface area contributed by atoms with Crippen LogP contribution in [0.1, 0.15) is 54.6 Å². The number of sulfonamides is 1. The molecule has 4 N–H and O–H groups in total. The van der Waals surface area contributed by atoms with Gasteiger partial charge in [0.15, 0.2) is 11.5 Å². The number of phenols is 3. The molecule has 9 heteroatoms. The second-order valence-corrected chi connectivity index (χ2v) is 13.4. The summed E-state index contributed by atoms with van der Waals surface area (Å²) >= 11 is 0. The van der Waals surface area contributed by atoms with E-state index in [1.807, 2.05) is 25.1 Å². The van der Waals surface area contributed by atoms with Gasteiger partial charge >= 0.3 is 0 Å². The molecule has 46 heavy (non-hydrogen) atoms. The lowest BCUT2D eigenvalue weighted by molar-refractivity contribution is 0.0954. The molecule has 1 amide bonds. The van der Waals surface area contributed by atoms with E-state index in [-0.39, 0.29) is 23.9 Å². The normalized spacial score (nSPS) is 11.6. The third-order valence-corrected chi connectivity index (χ3v) is 9.83. The SMILES string of the molecule is CCCN(c1ccc2cc(C(=O)NCCc3ccc(-c4ccccc4)cc3)ccc2c1)S(=O)(=O)c1cc(C(C)C)c(O)c(O)c1O. The Balaban J connectivity index is 1.32. The number of carbonyl (C=O) groups is 1. The Morgan fingerprint density at radius 2 is 1.43 bits per heavy atom. The Kier molecular flexibility index (Phi) is 9.53. The highest BCUT2D eigenvalue weighted by Gasteiger charge is 2.32. The Hall–Kier alpha value is -5.02. The highest BCUT2D eigenvalue weighted by Crippen LogP contribution is 2.46. The van der Waals surface area contributed by atoms with Gasteiger partial charge in [-0.1, -0.05) is 87.5 Å². The zero-order valence-electron chi connectivity index (χ0n) is 26.1. The largest absolute Gasteiger partial charge is 0.504 e. The third kappa shape index (κ3) is 6.65. The van der Waals surface area contributed by atoms with Crippen LogP contribution >= 0.6 is 0 Å². The molecular formula is C37H38N2O6S. The van der Waals surface area contributed by atoms with Gasteiger partial charge < -0.3 is 20.6 Å². The predicted octanol–water partition coefficient (Wildman–Crippen LogP) is 7.32. The van der Waals surface area contributed by atoms with Crippen LogP contribution in [0, 0.1) is 0 Å². The van der Waals surface area contributed by atoms with Gasteiger partial charge in [-0.2, -0.15) is 0 Å². The standard InChI is InChI=1S/C37H38N2O6S/c1-4-20-39(46(44,45)33-23-32(24(2)3)34(40)36(42)35(33)41)31-17-16-28-21-30(15-14-29(28)22-31)37(43)38-19-18-25-10-12-27(13-11-25)26-8-6-5-7-9-26/h5-17,21-24,40-42H,4,18-20H2,1-3H3,(H,38,43). The van der Waals surface area contributed by atoms with Crippen LogP contribution in [0.5, 0.6) is 17.2 Å². The maximum absolute atomic E-state index is 13.9. The van der Waals surface area contributed by atoms with E-state index in [1.54, 1.807) is 50.2 Å². The predicted molar refractivity (Wildman–Crippen MR) is 182 cm³/mol. The van der Waals surface area contributed by atoms with Crippen LogP contribution in [-0.2, 0) is 16.4 Å². The molecule has 0 fully saturated rings. The number of aromatic hydroxyl groups is 3. The smallest absolute Gasteiger partial charge is 0.268 e. The van der Waals surface area contributed by atoms with Gasteiger partial charge in [0.05, 0.1) is 5.69 Å². The maximum Gasteiger partial charge on any atom is 0.268 e. The number of fused-ring (bicyclic) bond motifs is 1. The maximum atomic E-state index is 13.9. The van der Waals surface area contributed by atoms with Gasteiger partial charge in [-0.05, 0) is 76.6 Å². The van der Waals surface area contributed by atoms with Gasteiger partial charge in [0.2, 0.25) is 5.75 Å². The van der Waals surface area contributed by atoms with Crippen molar-refractivity contribution in [2.45, 2.75) is 44.4 Å². The molecule has 0 aliphatic rings. The summed E-state index contributed by atoms with van der Waals surface area (Å²) in [6.07, 6.45) is 1.17. The highest BCUT2D eigenvalue weighted by atomic mass is 32.2. The molecular weight excluding hydrogens is 600 g/mol. The van der Waals surface area contributed by atoms with Crippen molar-refractivity contribution in [2.24, 2.45) is 0 Å². The van der Waals surface area contributed by atoms with Crippen molar-refractivity contribution >= 4 is 32.4 Å². The minimum atomic E-state index is -4.33. The fourth-order valence-corrected chi connectivity index (χ4v) is 7.10. The summed E-state index contributed by atoms with van der Waals surface area (Å²) in [6, 6.07) is 30.0. The van der Waals surface area contributed by atoms with Crippen LogP contribution in [0.3, 0.4) is 0 Å². The highest BCUT2D eigenvalue weighted by molar-refractivity contribution is 7.93. The van der Waals surface area contributed by atoms with Crippen LogP contribution < -0.4 is 9.62 Å². The van der Waals surface area contributed by atoms with Crippen LogP contribution in [-0.4, -0.2) is 42.7 Å². The lowest BCUT2D eigenvalue weighted by Crippen LogP contribution is -2.32. The molecule has 5 aromatic carbocycles. The van der Waals surface area contributed by atoms with E-state index in [9.17, 15) is 28.5 Å². The van der Waals surface area contributed by atoms with E-state index in [2.05, 4.69) is 41.7 Å². The molecule has 5 rings (SSSR count). The Morgan fingerprint density at radius 1 is 0.783 bits per heavy atom. The first-order valence-electron chi connectivity index (χ1n) is 15.3. The van der Waals surface area contributed by atoms with Crippen molar-refractivity contribution in [1.29, 1.82) is 0 Å². The van der Waals surface area contributed by atoms with Crippen LogP contribution in [0.15, 0.2) is 102 Å². The molecule has 0 atom stereocenters. The number of nitrogens with zero attached hydrogens (tertiary/aromatic N) is 1. The summed E-state index contributed by atoms with van der Waals surface area (Å²) < 4.78 is 28.9. The third-order valence-electron chi connectivity index (χ3n) is 7.99. The van der Waals surface area contributed by atoms with E-state index in [1.165, 1.54) is 10.4 Å². The van der Waals surface area contributed by atoms with Crippen molar-refractivity contribution in [3.05, 3.63) is 114 Å². The molecule has 0 unspecified atom stereocenters. The Bertz CT molecular complexity index is 1970. The molecule has 0 bridgehead atoms. The monoisotopic (exact) mass is 638 g/mol. The molecule has 238 valence electrons. The van der Waals surface area contributed by atoms with Crippen LogP contribution in [0.4, 0.5) is 5.69 Å². The molecule has 8 nitrogen and oxygen atoms in total. The number of phenolic OH excluding ortho intramolecular Hbond substituents is 3. The lowest BCUT2D eigenvalue weighted by Gasteiger charge is -2.26. The van der Waals surface area contributed by atoms with Crippen molar-refractivity contribution in [1.82, 2.24) is 5.32 Å². The molecule has 0 aliphatic carbocycles. The van der Waals surface area contributed by atoms with Gasteiger partial charge in [0.1, 0.15) is 4.90 Å². The van der Waals surface area contributed by atoms with Gasteiger partial charge in [-0.15, -0.1) is 0 Å². The lowest BCUT2D eigenvalue weighted by atomic mass is 10.0. The first kappa shape index (κ1) is 32.4. The minimum Gasteiger partial charge on any atom is -0.504 e. The summed E-state index contributed by atoms with van der Waals surface area (Å²) in [5.41, 5.74) is 4.47. The molecule has 0 spiro atoms. The van der Waals surface area contributed by atoms with Crippen LogP contribution in [0.25, 0.3) is 21.9 Å². The number of hydrogen-bond acceptors (Lipinski definition) is 6. The van der Waals surface area contributed by atoms with Gasteiger partial charge in [0.25, 0.3) is 15.9 Å². The second kappa shape index (κ2) is 13.5. The summed E-state index contributed by atoms with van der Waals surface area (Å²) in [4.78, 5) is 12.5. The number of benzene rings is 5. The van der Waals surface area contributed by atoms with Gasteiger partial charge in [-0.3, -0.25) is 9.10 Å². The van der Waals surface area contributed by atoms with E-state index < -0.39 is 32.2 Å². The molecule has 5 aromatic rings. The first-order valence-corrected chi connectivity index (χ1v) is 16.7. The zero-order chi connectivity index (χ0) is 33.0. The van der Waals surface area contributed by atoms with E-state index in [4.69, 9.17) is 0 Å². The summed E-state index contributed by atoms with van der Waals surface area (Å²) in [5.74, 6) is -2.82. The van der Waals surface area contributed by atoms with Gasteiger partial charge in [-0.25, -0.2) is 8.42 Å². The fraction of sp³-hybridized carbons (Fsp3) is 0.216. The topological polar surface area (TPSA) is 127 Å². The summed E-state index contributed by atoms with van der Waals surface area (Å²) in [7, 11) is -4.33. The fourth-order valence-electron chi connectivity index (χ4n) is 5.44. The summed E-state index contributed by atoms with van der Waals surface area (Å²) in [6.45, 7) is 5.91. The van der Waals surface area contributed by atoms with E-state index in [0.717, 1.165) is 27.5 Å². The zero-order valence-corrected chi connectivity index (χ0v) is 26.9. The van der Waals surface area contributed by atoms with E-state index >= 15 is 0 Å². The molecule has 0 aliphatic heterocycles. The van der Waals surface area contributed by atoms with Crippen LogP contribution in [0.2, 0.25) is 0 Å². The Morgan fingerprint density at radius 3 is 2.11 bits per heavy atom. The van der Waals surface area contributed by atoms with Crippen molar-refractivity contribution < 1.29 is 28.5 Å². The summed E-state index contributed by atoms with van der Waals surface area (Å²) in [5, 5.41) is 35.6. The Labute approximate surface area is 269 Å². The van der Waals surface area contributed by atoms with Crippen molar-refractivity contribution in [3.63, 3.8) is 0 Å². The van der Waals surface area contributed by atoms with Crippen molar-refractivity contribution in [3.8, 4) is 28.4 Å². The quantitative estimate of drug-likeness (QED) is 0.112. The molecule has 0 saturated heterocycles. The number of carbonyl (C=O) groups excluding carboxylic acids is 1. The number of hydrogen-bond donors (Lipinski definition) is 4. The van der Waals surface area contributed by atoms with Gasteiger partial charge in [0, 0.05) is 24.2 Å². The minimum absolute atomic E-state index is 0.113. The number of nitrogens with one attached hydrogen (secondary N) is 1. The van der Waals surface area contributed by atoms with Crippen molar-refractivity contribution in [2.75, 3.05) is 17.4 Å². The average Bonchev–Trinajstić information content (AvgIpc) is 3.06. The second-order valence-electron chi connectivity index (χ2n) is 11.6. The molecule has 0 saturated carbocycles. The molecule has 0 heterocycles. The number of amides is 1. The molecule has 0 aromatic heterocycles.